The predicted octanol–water partition coefficient (Wildman–Crippen LogP) is 3.74. The Morgan fingerprint density at radius 2 is 1.45 bits per heavy atom. The lowest BCUT2D eigenvalue weighted by molar-refractivity contribution is 0.173. The fraction of sp³-hybridized carbons (Fsp3) is 0.333. The van der Waals surface area contributed by atoms with E-state index in [1.54, 1.807) is 0 Å². The highest BCUT2D eigenvalue weighted by Crippen LogP contribution is 2.14. The van der Waals surface area contributed by atoms with Gasteiger partial charge in [-0.1, -0.05) is 67.6 Å². The van der Waals surface area contributed by atoms with Crippen molar-refractivity contribution in [1.29, 1.82) is 0 Å². The summed E-state index contributed by atoms with van der Waals surface area (Å²) in [4.78, 5) is 0. The summed E-state index contributed by atoms with van der Waals surface area (Å²) < 4.78 is 0. The molecule has 2 heteroatoms. The van der Waals surface area contributed by atoms with Crippen LogP contribution in [0.15, 0.2) is 60.7 Å². The molecule has 0 heterocycles. The lowest BCUT2D eigenvalue weighted by atomic mass is 10.1. The van der Waals surface area contributed by atoms with E-state index in [9.17, 15) is 5.11 Å². The van der Waals surface area contributed by atoms with Crippen LogP contribution in [0.5, 0.6) is 0 Å². The van der Waals surface area contributed by atoms with Crippen LogP contribution in [0.3, 0.4) is 0 Å². The molecule has 0 aromatic heterocycles. The number of rotatable bonds is 5. The van der Waals surface area contributed by atoms with Crippen LogP contribution in [-0.2, 0) is 6.42 Å². The summed E-state index contributed by atoms with van der Waals surface area (Å²) in [5.41, 5.74) is 2.31. The Morgan fingerprint density at radius 1 is 0.900 bits per heavy atom. The summed E-state index contributed by atoms with van der Waals surface area (Å²) >= 11 is 0. The summed E-state index contributed by atoms with van der Waals surface area (Å²) in [6.45, 7) is 2.26. The molecule has 2 aromatic rings. The first-order valence-corrected chi connectivity index (χ1v) is 7.15. The van der Waals surface area contributed by atoms with Gasteiger partial charge in [0.25, 0.3) is 0 Å². The fourth-order valence-electron chi connectivity index (χ4n) is 1.84. The van der Waals surface area contributed by atoms with E-state index in [-0.39, 0.29) is 12.7 Å². The Bertz CT molecular complexity index is 439. The molecule has 2 nitrogen and oxygen atoms in total. The van der Waals surface area contributed by atoms with Crippen LogP contribution < -0.4 is 0 Å². The van der Waals surface area contributed by atoms with Gasteiger partial charge in [-0.25, -0.2) is 0 Å². The minimum absolute atomic E-state index is 0.287. The van der Waals surface area contributed by atoms with E-state index < -0.39 is 0 Å². The summed E-state index contributed by atoms with van der Waals surface area (Å²) in [5.74, 6) is 0. The molecular formula is C18H24O2. The molecule has 0 spiro atoms. The summed E-state index contributed by atoms with van der Waals surface area (Å²) in [6.07, 6.45) is 2.34. The van der Waals surface area contributed by atoms with Crippen molar-refractivity contribution >= 4 is 0 Å². The van der Waals surface area contributed by atoms with Crippen molar-refractivity contribution in [3.63, 3.8) is 0 Å². The van der Waals surface area contributed by atoms with Crippen molar-refractivity contribution < 1.29 is 10.2 Å². The summed E-state index contributed by atoms with van der Waals surface area (Å²) in [7, 11) is 0. The summed E-state index contributed by atoms with van der Waals surface area (Å²) in [6, 6.07) is 19.9. The third-order valence-corrected chi connectivity index (χ3v) is 3.04. The highest BCUT2D eigenvalue weighted by molar-refractivity contribution is 5.16. The van der Waals surface area contributed by atoms with Gasteiger partial charge >= 0.3 is 0 Å². The van der Waals surface area contributed by atoms with E-state index in [1.165, 1.54) is 5.56 Å². The van der Waals surface area contributed by atoms with Crippen molar-refractivity contribution in [2.45, 2.75) is 32.3 Å². The van der Waals surface area contributed by atoms with Crippen molar-refractivity contribution in [2.24, 2.45) is 0 Å². The van der Waals surface area contributed by atoms with Gasteiger partial charge in [0.05, 0.1) is 6.10 Å². The zero-order chi connectivity index (χ0) is 14.6. The van der Waals surface area contributed by atoms with Gasteiger partial charge in [0.15, 0.2) is 0 Å². The van der Waals surface area contributed by atoms with E-state index in [4.69, 9.17) is 5.11 Å². The van der Waals surface area contributed by atoms with Crippen LogP contribution in [0.2, 0.25) is 0 Å². The second kappa shape index (κ2) is 10.2. The molecule has 2 rings (SSSR count). The molecule has 0 bridgehead atoms. The minimum atomic E-state index is -0.291. The molecule has 2 aromatic carbocycles. The quantitative estimate of drug-likeness (QED) is 0.870. The standard InChI is InChI=1S/2C9H12O/c1-2-9(10)8-6-4-3-5-7-8;10-8-4-7-9-5-2-1-3-6-9/h3-7,9-10H,2H2,1H3;1-3,5-6,10H,4,7-8H2. The average Bonchev–Trinajstić information content (AvgIpc) is 2.54. The first kappa shape index (κ1) is 16.4. The van der Waals surface area contributed by atoms with Gasteiger partial charge in [-0.15, -0.1) is 0 Å². The molecule has 20 heavy (non-hydrogen) atoms. The first-order chi connectivity index (χ1) is 9.77. The number of aliphatic hydroxyl groups excluding tert-OH is 2. The van der Waals surface area contributed by atoms with Crippen LogP contribution in [-0.4, -0.2) is 16.8 Å². The maximum Gasteiger partial charge on any atom is 0.0787 e. The molecule has 0 aliphatic rings. The SMILES string of the molecule is CCC(O)c1ccccc1.OCCCc1ccccc1. The first-order valence-electron chi connectivity index (χ1n) is 7.15. The van der Waals surface area contributed by atoms with E-state index >= 15 is 0 Å². The maximum atomic E-state index is 9.33. The monoisotopic (exact) mass is 272 g/mol. The molecule has 2 N–H and O–H groups in total. The third-order valence-electron chi connectivity index (χ3n) is 3.04. The Balaban J connectivity index is 0.000000200. The molecule has 0 saturated carbocycles. The molecule has 0 radical (unpaired) electrons. The van der Waals surface area contributed by atoms with E-state index in [1.807, 2.05) is 55.5 Å². The van der Waals surface area contributed by atoms with Crippen LogP contribution in [0, 0.1) is 0 Å². The number of benzene rings is 2. The minimum Gasteiger partial charge on any atom is -0.396 e. The summed E-state index contributed by atoms with van der Waals surface area (Å²) in [5, 5.41) is 17.9. The van der Waals surface area contributed by atoms with Crippen molar-refractivity contribution in [3.8, 4) is 0 Å². The van der Waals surface area contributed by atoms with Gasteiger partial charge in [0, 0.05) is 6.61 Å². The highest BCUT2D eigenvalue weighted by Gasteiger charge is 2.00. The highest BCUT2D eigenvalue weighted by atomic mass is 16.3. The lowest BCUT2D eigenvalue weighted by Crippen LogP contribution is -1.93. The molecule has 1 atom stereocenters. The molecule has 108 valence electrons. The van der Waals surface area contributed by atoms with Gasteiger partial charge < -0.3 is 10.2 Å². The van der Waals surface area contributed by atoms with Crippen LogP contribution in [0.1, 0.15) is 37.0 Å². The van der Waals surface area contributed by atoms with E-state index in [0.29, 0.717) is 0 Å². The van der Waals surface area contributed by atoms with E-state index in [2.05, 4.69) is 12.1 Å². The second-order valence-electron chi connectivity index (χ2n) is 4.65. The largest absolute Gasteiger partial charge is 0.396 e. The number of hydrogen-bond acceptors (Lipinski definition) is 2. The Hall–Kier alpha value is -1.64. The number of aryl methyl sites for hydroxylation is 1. The Kier molecular flexibility index (Phi) is 8.36. The maximum absolute atomic E-state index is 9.33. The molecule has 0 saturated heterocycles. The number of hydrogen-bond donors (Lipinski definition) is 2. The smallest absolute Gasteiger partial charge is 0.0787 e. The molecule has 1 unspecified atom stereocenters. The third kappa shape index (κ3) is 6.50. The molecule has 0 aliphatic heterocycles. The normalized spacial score (nSPS) is 11.3. The van der Waals surface area contributed by atoms with Gasteiger partial charge in [-0.3, -0.25) is 0 Å². The topological polar surface area (TPSA) is 40.5 Å². The van der Waals surface area contributed by atoms with Gasteiger partial charge in [0.2, 0.25) is 0 Å². The zero-order valence-corrected chi connectivity index (χ0v) is 12.1. The van der Waals surface area contributed by atoms with Crippen molar-refractivity contribution in [1.82, 2.24) is 0 Å². The Morgan fingerprint density at radius 3 is 1.95 bits per heavy atom. The number of aliphatic hydroxyl groups is 2. The molecule has 0 fully saturated rings. The van der Waals surface area contributed by atoms with E-state index in [0.717, 1.165) is 24.8 Å². The van der Waals surface area contributed by atoms with Crippen molar-refractivity contribution in [3.05, 3.63) is 71.8 Å². The lowest BCUT2D eigenvalue weighted by Gasteiger charge is -2.05. The van der Waals surface area contributed by atoms with Gasteiger partial charge in [-0.05, 0) is 30.4 Å². The van der Waals surface area contributed by atoms with Crippen molar-refractivity contribution in [2.75, 3.05) is 6.61 Å². The predicted molar refractivity (Wildman–Crippen MR) is 83.5 cm³/mol. The zero-order valence-electron chi connectivity index (χ0n) is 12.1. The average molecular weight is 272 g/mol. The van der Waals surface area contributed by atoms with Crippen LogP contribution >= 0.6 is 0 Å². The van der Waals surface area contributed by atoms with Crippen LogP contribution in [0.25, 0.3) is 0 Å². The van der Waals surface area contributed by atoms with Crippen LogP contribution in [0.4, 0.5) is 0 Å². The van der Waals surface area contributed by atoms with Gasteiger partial charge in [-0.2, -0.15) is 0 Å². The molecule has 0 aliphatic carbocycles. The molecular weight excluding hydrogens is 248 g/mol. The Labute approximate surface area is 121 Å². The second-order valence-corrected chi connectivity index (χ2v) is 4.65. The molecule has 0 amide bonds. The fourth-order valence-corrected chi connectivity index (χ4v) is 1.84. The van der Waals surface area contributed by atoms with Gasteiger partial charge in [0.1, 0.15) is 0 Å².